The number of rotatable bonds is 2. The zero-order valence-corrected chi connectivity index (χ0v) is 17.5. The van der Waals surface area contributed by atoms with Crippen molar-refractivity contribution in [3.8, 4) is 0 Å². The molecule has 1 aliphatic heterocycles. The number of aromatic nitrogens is 1. The van der Waals surface area contributed by atoms with Crippen molar-refractivity contribution >= 4 is 23.2 Å². The lowest BCUT2D eigenvalue weighted by molar-refractivity contribution is 0.0537. The molecule has 0 bridgehead atoms. The molecule has 0 saturated carbocycles. The van der Waals surface area contributed by atoms with Gasteiger partial charge in [-0.1, -0.05) is 38.5 Å². The van der Waals surface area contributed by atoms with Crippen LogP contribution in [0.3, 0.4) is 0 Å². The Morgan fingerprint density at radius 1 is 0.926 bits per heavy atom. The van der Waals surface area contributed by atoms with Crippen LogP contribution in [0.1, 0.15) is 57.1 Å². The standard InChI is InChI=1S/C21H27N3O2S/c1-14-6-8-16(9-7-14)18(25)23-10-12-24(13-11-23)19(26)17-15(2)22-20(27-17)21(3,4)5/h6-9H,10-13H2,1-5H3. The first-order valence-corrected chi connectivity index (χ1v) is 10.1. The Morgan fingerprint density at radius 3 is 1.93 bits per heavy atom. The summed E-state index contributed by atoms with van der Waals surface area (Å²) in [7, 11) is 0. The van der Waals surface area contributed by atoms with Gasteiger partial charge >= 0.3 is 0 Å². The highest BCUT2D eigenvalue weighted by Crippen LogP contribution is 2.30. The van der Waals surface area contributed by atoms with E-state index in [9.17, 15) is 9.59 Å². The van der Waals surface area contributed by atoms with Crippen molar-refractivity contribution in [3.05, 3.63) is 51.0 Å². The summed E-state index contributed by atoms with van der Waals surface area (Å²) < 4.78 is 0. The van der Waals surface area contributed by atoms with Crippen LogP contribution in [-0.4, -0.2) is 52.8 Å². The molecule has 1 aromatic heterocycles. The van der Waals surface area contributed by atoms with Crippen molar-refractivity contribution in [1.29, 1.82) is 0 Å². The van der Waals surface area contributed by atoms with E-state index in [4.69, 9.17) is 0 Å². The van der Waals surface area contributed by atoms with Crippen LogP contribution in [0, 0.1) is 13.8 Å². The molecule has 1 aromatic carbocycles. The molecule has 27 heavy (non-hydrogen) atoms. The van der Waals surface area contributed by atoms with Crippen molar-refractivity contribution in [2.75, 3.05) is 26.2 Å². The number of thiazole rings is 1. The van der Waals surface area contributed by atoms with E-state index in [1.54, 1.807) is 0 Å². The molecule has 3 rings (SSSR count). The van der Waals surface area contributed by atoms with E-state index in [1.165, 1.54) is 11.3 Å². The number of carbonyl (C=O) groups excluding carboxylic acids is 2. The Morgan fingerprint density at radius 2 is 1.44 bits per heavy atom. The van der Waals surface area contributed by atoms with Gasteiger partial charge < -0.3 is 9.80 Å². The fraction of sp³-hybridized carbons (Fsp3) is 0.476. The molecule has 6 heteroatoms. The number of hydrogen-bond acceptors (Lipinski definition) is 4. The third-order valence-corrected chi connectivity index (χ3v) is 6.36. The second kappa shape index (κ2) is 7.43. The lowest BCUT2D eigenvalue weighted by Crippen LogP contribution is -2.50. The van der Waals surface area contributed by atoms with Crippen LogP contribution in [-0.2, 0) is 5.41 Å². The molecule has 0 N–H and O–H groups in total. The third kappa shape index (κ3) is 4.21. The van der Waals surface area contributed by atoms with Gasteiger partial charge in [-0.2, -0.15) is 0 Å². The van der Waals surface area contributed by atoms with E-state index >= 15 is 0 Å². The van der Waals surface area contributed by atoms with Gasteiger partial charge in [0, 0.05) is 37.2 Å². The van der Waals surface area contributed by atoms with Gasteiger partial charge in [0.1, 0.15) is 4.88 Å². The highest BCUT2D eigenvalue weighted by Gasteiger charge is 2.29. The molecule has 0 aliphatic carbocycles. The quantitative estimate of drug-likeness (QED) is 0.793. The zero-order chi connectivity index (χ0) is 19.8. The summed E-state index contributed by atoms with van der Waals surface area (Å²) in [6.45, 7) is 12.4. The predicted molar refractivity (Wildman–Crippen MR) is 109 cm³/mol. The van der Waals surface area contributed by atoms with Crippen molar-refractivity contribution in [3.63, 3.8) is 0 Å². The molecule has 0 atom stereocenters. The topological polar surface area (TPSA) is 53.5 Å². The molecule has 2 amide bonds. The summed E-state index contributed by atoms with van der Waals surface area (Å²) in [4.78, 5) is 34.6. The maximum atomic E-state index is 12.9. The lowest BCUT2D eigenvalue weighted by atomic mass is 9.98. The van der Waals surface area contributed by atoms with E-state index < -0.39 is 0 Å². The van der Waals surface area contributed by atoms with Crippen LogP contribution in [0.4, 0.5) is 0 Å². The van der Waals surface area contributed by atoms with Gasteiger partial charge in [0.05, 0.1) is 10.7 Å². The zero-order valence-electron chi connectivity index (χ0n) is 16.7. The minimum absolute atomic E-state index is 0.0305. The van der Waals surface area contributed by atoms with Gasteiger partial charge in [-0.15, -0.1) is 11.3 Å². The summed E-state index contributed by atoms with van der Waals surface area (Å²) in [5.41, 5.74) is 2.57. The minimum atomic E-state index is -0.0624. The average molecular weight is 386 g/mol. The van der Waals surface area contributed by atoms with Gasteiger partial charge in [-0.25, -0.2) is 4.98 Å². The number of benzene rings is 1. The number of nitrogens with zero attached hydrogens (tertiary/aromatic N) is 3. The Labute approximate surface area is 165 Å². The Kier molecular flexibility index (Phi) is 5.38. The fourth-order valence-electron chi connectivity index (χ4n) is 3.05. The maximum absolute atomic E-state index is 12.9. The molecule has 1 aliphatic rings. The molecular formula is C21H27N3O2S. The first-order chi connectivity index (χ1) is 12.7. The molecule has 5 nitrogen and oxygen atoms in total. The van der Waals surface area contributed by atoms with Crippen LogP contribution < -0.4 is 0 Å². The smallest absolute Gasteiger partial charge is 0.265 e. The Bertz CT molecular complexity index is 841. The van der Waals surface area contributed by atoms with Crippen LogP contribution in [0.5, 0.6) is 0 Å². The van der Waals surface area contributed by atoms with E-state index in [0.29, 0.717) is 31.7 Å². The van der Waals surface area contributed by atoms with E-state index in [-0.39, 0.29) is 17.2 Å². The van der Waals surface area contributed by atoms with E-state index in [0.717, 1.165) is 21.1 Å². The number of aryl methyl sites for hydroxylation is 2. The molecule has 1 fully saturated rings. The molecule has 144 valence electrons. The second-order valence-electron chi connectivity index (χ2n) is 8.13. The predicted octanol–water partition coefficient (Wildman–Crippen LogP) is 3.66. The Balaban J connectivity index is 1.65. The number of hydrogen-bond donors (Lipinski definition) is 0. The molecule has 2 aromatic rings. The summed E-state index contributed by atoms with van der Waals surface area (Å²) in [6.07, 6.45) is 0. The van der Waals surface area contributed by atoms with Gasteiger partial charge in [-0.05, 0) is 26.0 Å². The maximum Gasteiger partial charge on any atom is 0.265 e. The van der Waals surface area contributed by atoms with Gasteiger partial charge in [0.15, 0.2) is 0 Å². The molecule has 2 heterocycles. The normalized spacial score (nSPS) is 15.1. The van der Waals surface area contributed by atoms with E-state index in [1.807, 2.05) is 47.9 Å². The number of piperazine rings is 1. The molecule has 0 radical (unpaired) electrons. The summed E-state index contributed by atoms with van der Waals surface area (Å²) >= 11 is 1.49. The summed E-state index contributed by atoms with van der Waals surface area (Å²) in [5, 5.41) is 0.983. The largest absolute Gasteiger partial charge is 0.335 e. The van der Waals surface area contributed by atoms with E-state index in [2.05, 4.69) is 25.8 Å². The molecule has 1 saturated heterocycles. The van der Waals surface area contributed by atoms with Crippen molar-refractivity contribution in [1.82, 2.24) is 14.8 Å². The van der Waals surface area contributed by atoms with Crippen LogP contribution >= 0.6 is 11.3 Å². The van der Waals surface area contributed by atoms with Crippen LogP contribution in [0.25, 0.3) is 0 Å². The summed E-state index contributed by atoms with van der Waals surface area (Å²) in [6, 6.07) is 7.63. The van der Waals surface area contributed by atoms with Crippen molar-refractivity contribution < 1.29 is 9.59 Å². The second-order valence-corrected chi connectivity index (χ2v) is 9.13. The van der Waals surface area contributed by atoms with Crippen LogP contribution in [0.2, 0.25) is 0 Å². The Hall–Kier alpha value is -2.21. The number of carbonyl (C=O) groups is 2. The van der Waals surface area contributed by atoms with Gasteiger partial charge in [0.2, 0.25) is 0 Å². The highest BCUT2D eigenvalue weighted by atomic mass is 32.1. The average Bonchev–Trinajstić information content (AvgIpc) is 3.03. The SMILES string of the molecule is Cc1ccc(C(=O)N2CCN(C(=O)c3sc(C(C)(C)C)nc3C)CC2)cc1. The minimum Gasteiger partial charge on any atom is -0.335 e. The lowest BCUT2D eigenvalue weighted by Gasteiger charge is -2.34. The molecule has 0 spiro atoms. The first-order valence-electron chi connectivity index (χ1n) is 9.30. The van der Waals surface area contributed by atoms with Crippen molar-refractivity contribution in [2.24, 2.45) is 0 Å². The van der Waals surface area contributed by atoms with Gasteiger partial charge in [0.25, 0.3) is 11.8 Å². The molecular weight excluding hydrogens is 358 g/mol. The molecule has 0 unspecified atom stereocenters. The van der Waals surface area contributed by atoms with Gasteiger partial charge in [-0.3, -0.25) is 9.59 Å². The fourth-order valence-corrected chi connectivity index (χ4v) is 4.14. The van der Waals surface area contributed by atoms with Crippen LogP contribution in [0.15, 0.2) is 24.3 Å². The first kappa shape index (κ1) is 19.5. The highest BCUT2D eigenvalue weighted by molar-refractivity contribution is 7.14. The number of amides is 2. The summed E-state index contributed by atoms with van der Waals surface area (Å²) in [5.74, 6) is 0.0639. The third-order valence-electron chi connectivity index (χ3n) is 4.79. The van der Waals surface area contributed by atoms with Crippen molar-refractivity contribution in [2.45, 2.75) is 40.0 Å². The monoisotopic (exact) mass is 385 g/mol.